The highest BCUT2D eigenvalue weighted by molar-refractivity contribution is 7.09. The molecule has 26 heavy (non-hydrogen) atoms. The zero-order valence-corrected chi connectivity index (χ0v) is 15.4. The van der Waals surface area contributed by atoms with Crippen LogP contribution in [0.3, 0.4) is 0 Å². The summed E-state index contributed by atoms with van der Waals surface area (Å²) in [4.78, 5) is 15.4. The van der Waals surface area contributed by atoms with Gasteiger partial charge >= 0.3 is 0 Å². The van der Waals surface area contributed by atoms with Crippen molar-refractivity contribution in [2.24, 2.45) is 0 Å². The molecule has 1 amide bonds. The number of aryl methyl sites for hydroxylation is 2. The van der Waals surface area contributed by atoms with Gasteiger partial charge in [-0.25, -0.2) is 0 Å². The van der Waals surface area contributed by atoms with Crippen molar-refractivity contribution in [3.05, 3.63) is 41.6 Å². The summed E-state index contributed by atoms with van der Waals surface area (Å²) in [5, 5.41) is 8.29. The van der Waals surface area contributed by atoms with E-state index in [0.29, 0.717) is 25.1 Å². The summed E-state index contributed by atoms with van der Waals surface area (Å²) >= 11 is 1.32. The van der Waals surface area contributed by atoms with Crippen molar-refractivity contribution in [1.29, 1.82) is 0 Å². The molecule has 1 aliphatic heterocycles. The summed E-state index contributed by atoms with van der Waals surface area (Å²) in [5.74, 6) is 1.88. The normalized spacial score (nSPS) is 17.6. The molecular formula is C18H20N4O3S. The van der Waals surface area contributed by atoms with Crippen molar-refractivity contribution in [2.45, 2.75) is 38.5 Å². The summed E-state index contributed by atoms with van der Waals surface area (Å²) in [6.45, 7) is 3.35. The molecule has 0 radical (unpaired) electrons. The molecule has 1 atom stereocenters. The SMILES string of the molecule is Cc1cc(-c2snnc2[C@H]2CCCN(C(=O)CCc3ccco3)C2)on1. The predicted octanol–water partition coefficient (Wildman–Crippen LogP) is 3.43. The van der Waals surface area contributed by atoms with E-state index in [1.54, 1.807) is 6.26 Å². The fraction of sp³-hybridized carbons (Fsp3) is 0.444. The van der Waals surface area contributed by atoms with Gasteiger partial charge in [-0.3, -0.25) is 4.79 Å². The first kappa shape index (κ1) is 17.0. The lowest BCUT2D eigenvalue weighted by Crippen LogP contribution is -2.39. The van der Waals surface area contributed by atoms with Crippen LogP contribution in [-0.4, -0.2) is 38.6 Å². The van der Waals surface area contributed by atoms with Crippen LogP contribution in [0, 0.1) is 6.92 Å². The molecule has 4 rings (SSSR count). The molecule has 1 fully saturated rings. The average molecular weight is 372 g/mol. The summed E-state index contributed by atoms with van der Waals surface area (Å²) in [6, 6.07) is 5.64. The molecule has 0 saturated carbocycles. The average Bonchev–Trinajstić information content (AvgIpc) is 3.40. The van der Waals surface area contributed by atoms with Crippen LogP contribution in [0.4, 0.5) is 0 Å². The van der Waals surface area contributed by atoms with Crippen LogP contribution in [0.5, 0.6) is 0 Å². The maximum Gasteiger partial charge on any atom is 0.223 e. The molecule has 0 unspecified atom stereocenters. The van der Waals surface area contributed by atoms with Crippen LogP contribution in [-0.2, 0) is 11.2 Å². The fourth-order valence-electron chi connectivity index (χ4n) is 3.38. The molecule has 1 aliphatic rings. The Hall–Kier alpha value is -2.48. The Balaban J connectivity index is 1.44. The summed E-state index contributed by atoms with van der Waals surface area (Å²) in [6.07, 6.45) is 4.69. The summed E-state index contributed by atoms with van der Waals surface area (Å²) < 4.78 is 14.8. The summed E-state index contributed by atoms with van der Waals surface area (Å²) in [7, 11) is 0. The van der Waals surface area contributed by atoms with Gasteiger partial charge in [0.1, 0.15) is 10.6 Å². The molecule has 7 nitrogen and oxygen atoms in total. The minimum Gasteiger partial charge on any atom is -0.469 e. The first-order valence-electron chi connectivity index (χ1n) is 8.77. The van der Waals surface area contributed by atoms with E-state index in [9.17, 15) is 4.79 Å². The van der Waals surface area contributed by atoms with Gasteiger partial charge in [-0.05, 0) is 43.4 Å². The number of furan rings is 1. The van der Waals surface area contributed by atoms with Gasteiger partial charge in [0, 0.05) is 37.9 Å². The lowest BCUT2D eigenvalue weighted by molar-refractivity contribution is -0.132. The summed E-state index contributed by atoms with van der Waals surface area (Å²) in [5.41, 5.74) is 1.74. The zero-order valence-electron chi connectivity index (χ0n) is 14.6. The fourth-order valence-corrected chi connectivity index (χ4v) is 4.07. The Labute approximate surface area is 155 Å². The van der Waals surface area contributed by atoms with Gasteiger partial charge in [0.25, 0.3) is 0 Å². The van der Waals surface area contributed by atoms with Crippen LogP contribution in [0.25, 0.3) is 10.6 Å². The molecule has 0 bridgehead atoms. The number of aromatic nitrogens is 3. The molecule has 8 heteroatoms. The van der Waals surface area contributed by atoms with Gasteiger partial charge in [-0.1, -0.05) is 9.64 Å². The highest BCUT2D eigenvalue weighted by atomic mass is 32.1. The van der Waals surface area contributed by atoms with E-state index in [1.165, 1.54) is 11.5 Å². The van der Waals surface area contributed by atoms with E-state index in [0.717, 1.165) is 41.4 Å². The first-order valence-corrected chi connectivity index (χ1v) is 9.54. The topological polar surface area (TPSA) is 85.3 Å². The molecule has 0 aliphatic carbocycles. The third kappa shape index (κ3) is 3.55. The minimum absolute atomic E-state index is 0.159. The molecule has 3 aromatic rings. The minimum atomic E-state index is 0.159. The number of amides is 1. The maximum atomic E-state index is 12.6. The van der Waals surface area contributed by atoms with Crippen LogP contribution < -0.4 is 0 Å². The van der Waals surface area contributed by atoms with Crippen LogP contribution in [0.2, 0.25) is 0 Å². The first-order chi connectivity index (χ1) is 12.7. The number of hydrogen-bond acceptors (Lipinski definition) is 7. The Bertz CT molecular complexity index is 871. The number of likely N-dealkylation sites (tertiary alicyclic amines) is 1. The van der Waals surface area contributed by atoms with Gasteiger partial charge in [-0.2, -0.15) is 0 Å². The third-order valence-corrected chi connectivity index (χ3v) is 5.45. The number of rotatable bonds is 5. The van der Waals surface area contributed by atoms with Crippen molar-refractivity contribution in [2.75, 3.05) is 13.1 Å². The van der Waals surface area contributed by atoms with E-state index in [1.807, 2.05) is 30.0 Å². The van der Waals surface area contributed by atoms with Crippen molar-refractivity contribution in [3.63, 3.8) is 0 Å². The van der Waals surface area contributed by atoms with Crippen molar-refractivity contribution < 1.29 is 13.7 Å². The molecule has 136 valence electrons. The molecule has 0 aromatic carbocycles. The van der Waals surface area contributed by atoms with E-state index >= 15 is 0 Å². The van der Waals surface area contributed by atoms with Gasteiger partial charge in [0.15, 0.2) is 5.76 Å². The monoisotopic (exact) mass is 372 g/mol. The molecular weight excluding hydrogens is 352 g/mol. The quantitative estimate of drug-likeness (QED) is 0.682. The Morgan fingerprint density at radius 1 is 1.46 bits per heavy atom. The highest BCUT2D eigenvalue weighted by Gasteiger charge is 2.29. The third-order valence-electron chi connectivity index (χ3n) is 4.69. The highest BCUT2D eigenvalue weighted by Crippen LogP contribution is 2.35. The molecule has 4 heterocycles. The van der Waals surface area contributed by atoms with E-state index in [4.69, 9.17) is 8.94 Å². The predicted molar refractivity (Wildman–Crippen MR) is 95.7 cm³/mol. The number of carbonyl (C=O) groups excluding carboxylic acids is 1. The number of nitrogens with zero attached hydrogens (tertiary/aromatic N) is 4. The van der Waals surface area contributed by atoms with Crippen molar-refractivity contribution in [3.8, 4) is 10.6 Å². The van der Waals surface area contributed by atoms with Gasteiger partial charge in [0.05, 0.1) is 17.7 Å². The molecule has 3 aromatic heterocycles. The van der Waals surface area contributed by atoms with Crippen molar-refractivity contribution in [1.82, 2.24) is 19.6 Å². The van der Waals surface area contributed by atoms with E-state index < -0.39 is 0 Å². The Morgan fingerprint density at radius 3 is 3.15 bits per heavy atom. The van der Waals surface area contributed by atoms with E-state index in [-0.39, 0.29) is 11.8 Å². The van der Waals surface area contributed by atoms with Crippen LogP contribution in [0.1, 0.15) is 42.3 Å². The lowest BCUT2D eigenvalue weighted by atomic mass is 9.93. The Kier molecular flexibility index (Phi) is 4.83. The molecule has 1 saturated heterocycles. The zero-order chi connectivity index (χ0) is 17.9. The van der Waals surface area contributed by atoms with E-state index in [2.05, 4.69) is 14.7 Å². The number of carbonyl (C=O) groups is 1. The Morgan fingerprint density at radius 2 is 2.38 bits per heavy atom. The molecule has 0 spiro atoms. The lowest BCUT2D eigenvalue weighted by Gasteiger charge is -2.32. The molecule has 0 N–H and O–H groups in total. The second kappa shape index (κ2) is 7.41. The largest absolute Gasteiger partial charge is 0.469 e. The van der Waals surface area contributed by atoms with Crippen LogP contribution in [0.15, 0.2) is 33.4 Å². The second-order valence-electron chi connectivity index (χ2n) is 6.58. The van der Waals surface area contributed by atoms with Crippen LogP contribution >= 0.6 is 11.5 Å². The standard InChI is InChI=1S/C18H20N4O3S/c1-12-10-15(25-20-12)18-17(19-21-26-18)13-4-2-8-22(11-13)16(23)7-6-14-5-3-9-24-14/h3,5,9-10,13H,2,4,6-8,11H2,1H3/t13-/m0/s1. The van der Waals surface area contributed by atoms with Gasteiger partial charge in [-0.15, -0.1) is 5.10 Å². The van der Waals surface area contributed by atoms with Gasteiger partial charge < -0.3 is 13.8 Å². The number of hydrogen-bond donors (Lipinski definition) is 0. The second-order valence-corrected chi connectivity index (χ2v) is 7.33. The van der Waals surface area contributed by atoms with Crippen molar-refractivity contribution >= 4 is 17.4 Å². The maximum absolute atomic E-state index is 12.6. The van der Waals surface area contributed by atoms with Gasteiger partial charge in [0.2, 0.25) is 5.91 Å². The number of piperidine rings is 1. The smallest absolute Gasteiger partial charge is 0.223 e.